The number of aromatic hydroxyl groups is 4. The average molecular weight is 1280 g/mol. The summed E-state index contributed by atoms with van der Waals surface area (Å²) in [5.41, 5.74) is 6.45. The number of nitro groups is 2. The van der Waals surface area contributed by atoms with E-state index in [9.17, 15) is 92.5 Å². The number of rotatable bonds is 14. The maximum Gasteiger partial charge on any atom is 1.00 e. The molecule has 0 fully saturated rings. The van der Waals surface area contributed by atoms with Crippen LogP contribution in [0.15, 0.2) is 113 Å². The number of azo groups is 2. The molecule has 0 atom stereocenters. The van der Waals surface area contributed by atoms with Gasteiger partial charge in [-0.15, -0.1) is 20.5 Å². The number of phenols is 4. The molecule has 0 saturated heterocycles. The van der Waals surface area contributed by atoms with E-state index in [0.717, 1.165) is 60.7 Å². The van der Waals surface area contributed by atoms with Gasteiger partial charge in [-0.2, -0.15) is 63.6 Å². The molecule has 0 radical (unpaired) electrons. The molecular weight excluding hydrogens is 1250 g/mol. The van der Waals surface area contributed by atoms with Crippen LogP contribution in [0, 0.1) is 20.2 Å². The molecule has 0 aliphatic rings. The number of aromatic nitrogens is 6. The quantitative estimate of drug-likeness (QED) is 0.0225. The standard InChI is InChI=1S/2C19H13ClN8O10S2.Cr/c2*20-17-23-18(21)25-19(24-17)22-11-6-9(39(33,34)35)3-7-4-13(40(36,37)38)15(16(30)14(7)11)27-26-10-5-8(28(31)32)1-2-12(10)29;/h2*1-6,29-30H,(H,33,34,35)(H,36,37,38)(H3,21,22,23,24,25);/p+5. The van der Waals surface area contributed by atoms with E-state index in [1.807, 2.05) is 0 Å². The second-order valence-electron chi connectivity index (χ2n) is 15.3. The number of nitrogens with zero attached hydrogens (tertiary/aromatic N) is 12. The summed E-state index contributed by atoms with van der Waals surface area (Å²) in [7, 11) is -20.2. The molecule has 422 valence electrons. The number of fused-ring (bicyclic) bond motifs is 2. The zero-order chi connectivity index (χ0) is 59.1. The Balaban J connectivity index is 0.000000804. The summed E-state index contributed by atoms with van der Waals surface area (Å²) in [6.45, 7) is 0. The van der Waals surface area contributed by atoms with Gasteiger partial charge in [0.25, 0.3) is 51.8 Å². The van der Waals surface area contributed by atoms with Crippen LogP contribution in [0.5, 0.6) is 23.0 Å². The van der Waals surface area contributed by atoms with E-state index in [-0.39, 0.29) is 91.8 Å². The Bertz CT molecular complexity index is 4220. The fraction of sp³-hybridized carbons (Fsp3) is 0. The number of benzene rings is 6. The minimum atomic E-state index is -5.20. The van der Waals surface area contributed by atoms with Gasteiger partial charge in [0.15, 0.2) is 11.5 Å². The molecule has 43 heteroatoms. The SMILES string of the molecule is Nc1nc(Cl)nc(Nc2cc(S(=O)(=O)O)cc3cc(S(=O)(=O)O)c(N=Nc4cc([N+](=O)[O-])ccc4O)c(O)c23)n1.Nc1nc(Cl)nc(Nc2cc(S(=O)(=O)O)cc3cc(S(=O)(=O)O)c(N=Nc4cc([N+](=O)[O-])ccc4O)c(O)c23)n1.[Cr].[H+].[H+].[H+].[H+].[H+]. The first kappa shape index (κ1) is 61.2. The first-order valence-corrected chi connectivity index (χ1v) is 26.8. The number of halogens is 2. The van der Waals surface area contributed by atoms with Gasteiger partial charge in [-0.3, -0.25) is 38.4 Å². The first-order chi connectivity index (χ1) is 37.1. The van der Waals surface area contributed by atoms with Crippen LogP contribution in [0.2, 0.25) is 10.6 Å². The van der Waals surface area contributed by atoms with Crippen LogP contribution >= 0.6 is 23.2 Å². The monoisotopic (exact) mass is 1280 g/mol. The zero-order valence-electron chi connectivity index (χ0n) is 43.7. The molecule has 8 rings (SSSR count). The third kappa shape index (κ3) is 14.1. The topological polar surface area (TPSA) is 588 Å². The molecule has 0 bridgehead atoms. The predicted octanol–water partition coefficient (Wildman–Crippen LogP) is 7.02. The van der Waals surface area contributed by atoms with Gasteiger partial charge in [0.05, 0.1) is 31.0 Å². The molecule has 0 saturated carbocycles. The Morgan fingerprint density at radius 3 is 1.15 bits per heavy atom. The fourth-order valence-corrected chi connectivity index (χ4v) is 9.44. The molecule has 0 unspecified atom stereocenters. The number of phenolic OH excluding ortho intramolecular Hbond substituents is 4. The second kappa shape index (κ2) is 23.0. The van der Waals surface area contributed by atoms with Crippen LogP contribution in [-0.4, -0.2) is 112 Å². The van der Waals surface area contributed by atoms with Gasteiger partial charge in [-0.05, 0) is 82.5 Å². The maximum absolute atomic E-state index is 12.2. The number of hydrogen-bond acceptors (Lipinski definition) is 30. The van der Waals surface area contributed by atoms with Gasteiger partial charge in [0, 0.05) is 52.4 Å². The predicted molar refractivity (Wildman–Crippen MR) is 279 cm³/mol. The Kier molecular flexibility index (Phi) is 17.4. The summed E-state index contributed by atoms with van der Waals surface area (Å²) < 4.78 is 135. The van der Waals surface area contributed by atoms with Crippen molar-refractivity contribution in [3.63, 3.8) is 0 Å². The van der Waals surface area contributed by atoms with Crippen molar-refractivity contribution >= 4 is 155 Å². The van der Waals surface area contributed by atoms with Crippen LogP contribution < -0.4 is 22.1 Å². The van der Waals surface area contributed by atoms with E-state index >= 15 is 0 Å². The minimum absolute atomic E-state index is 0. The van der Waals surface area contributed by atoms with Crippen LogP contribution in [0.25, 0.3) is 21.5 Å². The van der Waals surface area contributed by atoms with Crippen molar-refractivity contribution < 1.29 is 107 Å². The first-order valence-electron chi connectivity index (χ1n) is 20.3. The van der Waals surface area contributed by atoms with Crippen LogP contribution in [0.1, 0.15) is 7.13 Å². The molecular formula is C38H31Cl2CrN16O20S4+5. The number of nitrogen functional groups attached to an aromatic ring is 2. The summed E-state index contributed by atoms with van der Waals surface area (Å²) in [6, 6.07) is 9.89. The molecule has 0 amide bonds. The Labute approximate surface area is 477 Å². The van der Waals surface area contributed by atoms with Crippen molar-refractivity contribution in [2.24, 2.45) is 20.5 Å². The van der Waals surface area contributed by atoms with Crippen LogP contribution in [0.4, 0.5) is 69.3 Å². The fourth-order valence-electron chi connectivity index (χ4n) is 6.70. The van der Waals surface area contributed by atoms with E-state index in [1.165, 1.54) is 0 Å². The number of anilines is 6. The third-order valence-electron chi connectivity index (χ3n) is 10.00. The van der Waals surface area contributed by atoms with Crippen molar-refractivity contribution in [3.8, 4) is 23.0 Å². The van der Waals surface area contributed by atoms with E-state index < -0.39 is 127 Å². The summed E-state index contributed by atoms with van der Waals surface area (Å²) in [5, 5.41) is 81.4. The molecule has 0 aliphatic carbocycles. The summed E-state index contributed by atoms with van der Waals surface area (Å²) in [5.74, 6) is -4.69. The van der Waals surface area contributed by atoms with E-state index in [2.05, 4.69) is 61.0 Å². The van der Waals surface area contributed by atoms with Crippen molar-refractivity contribution in [2.45, 2.75) is 19.6 Å². The molecule has 0 spiro atoms. The largest absolute Gasteiger partial charge is 1.00 e. The van der Waals surface area contributed by atoms with Crippen molar-refractivity contribution in [2.75, 3.05) is 22.1 Å². The van der Waals surface area contributed by atoms with Crippen LogP contribution in [-0.2, 0) is 57.8 Å². The van der Waals surface area contributed by atoms with Crippen molar-refractivity contribution in [1.82, 2.24) is 29.9 Å². The van der Waals surface area contributed by atoms with Gasteiger partial charge >= 0.3 is 7.13 Å². The van der Waals surface area contributed by atoms with Gasteiger partial charge in [0.1, 0.15) is 44.0 Å². The maximum atomic E-state index is 12.2. The Morgan fingerprint density at radius 2 is 0.852 bits per heavy atom. The minimum Gasteiger partial charge on any atom is -0.506 e. The van der Waals surface area contributed by atoms with Gasteiger partial charge in [-0.25, -0.2) is 0 Å². The molecule has 0 aliphatic heterocycles. The van der Waals surface area contributed by atoms with E-state index in [1.54, 1.807) is 0 Å². The molecule has 81 heavy (non-hydrogen) atoms. The number of non-ortho nitro benzene ring substituents is 2. The van der Waals surface area contributed by atoms with Crippen molar-refractivity contribution in [3.05, 3.63) is 104 Å². The summed E-state index contributed by atoms with van der Waals surface area (Å²) in [4.78, 5) is 38.9. The van der Waals surface area contributed by atoms with Crippen LogP contribution in [0.3, 0.4) is 0 Å². The number of hydrogen-bond donors (Lipinski definition) is 12. The Morgan fingerprint density at radius 1 is 0.506 bits per heavy atom. The number of nitro benzene ring substituents is 2. The van der Waals surface area contributed by atoms with Gasteiger partial charge < -0.3 is 42.5 Å². The molecule has 8 aromatic rings. The molecule has 6 aromatic carbocycles. The van der Waals surface area contributed by atoms with Gasteiger partial charge in [-0.1, -0.05) is 0 Å². The average Bonchev–Trinajstić information content (AvgIpc) is 1.25. The van der Waals surface area contributed by atoms with E-state index in [4.69, 9.17) is 34.7 Å². The number of nitrogens with one attached hydrogen (secondary N) is 2. The third-order valence-corrected chi connectivity index (χ3v) is 13.7. The smallest absolute Gasteiger partial charge is 0.506 e. The van der Waals surface area contributed by atoms with Gasteiger partial charge in [0.2, 0.25) is 34.4 Å². The summed E-state index contributed by atoms with van der Waals surface area (Å²) >= 11 is 11.5. The Hall–Kier alpha value is -8.99. The molecule has 2 heterocycles. The molecule has 14 N–H and O–H groups in total. The summed E-state index contributed by atoms with van der Waals surface area (Å²) in [6.07, 6.45) is 0. The normalized spacial score (nSPS) is 12.0. The molecule has 36 nitrogen and oxygen atoms in total. The van der Waals surface area contributed by atoms with Crippen molar-refractivity contribution in [1.29, 1.82) is 0 Å². The number of nitrogens with two attached hydrogens (primary N) is 2. The second-order valence-corrected chi connectivity index (χ2v) is 21.6. The van der Waals surface area contributed by atoms with E-state index in [0.29, 0.717) is 12.1 Å². The molecule has 2 aromatic heterocycles. The zero-order valence-corrected chi connectivity index (χ0v) is 44.8.